The number of hydrogen-bond donors (Lipinski definition) is 3. The molecule has 0 saturated carbocycles. The number of amides is 1. The number of nitrogens with one attached hydrogen (secondary N) is 3. The van der Waals surface area contributed by atoms with Crippen LogP contribution in [0.25, 0.3) is 11.2 Å². The maximum atomic E-state index is 12.8. The van der Waals surface area contributed by atoms with Crippen molar-refractivity contribution < 1.29 is 13.2 Å². The fraction of sp³-hybridized carbons (Fsp3) is 0.462. The number of H-pyrrole nitrogens is 2. The number of rotatable bonds is 4. The molecule has 1 aliphatic heterocycles. The van der Waals surface area contributed by atoms with E-state index >= 15 is 0 Å². The van der Waals surface area contributed by atoms with Gasteiger partial charge in [0.25, 0.3) is 5.91 Å². The van der Waals surface area contributed by atoms with E-state index in [0.29, 0.717) is 29.7 Å². The van der Waals surface area contributed by atoms with Gasteiger partial charge < -0.3 is 9.88 Å². The molecule has 3 N–H and O–H groups in total. The summed E-state index contributed by atoms with van der Waals surface area (Å²) >= 11 is 0. The van der Waals surface area contributed by atoms with Crippen LogP contribution in [0.2, 0.25) is 0 Å². The third-order valence-corrected chi connectivity index (χ3v) is 5.46. The molecular formula is C13H17N5O4S. The van der Waals surface area contributed by atoms with E-state index in [4.69, 9.17) is 0 Å². The second kappa shape index (κ2) is 5.78. The highest BCUT2D eigenvalue weighted by Gasteiger charge is 2.33. The molecule has 0 aliphatic carbocycles. The lowest BCUT2D eigenvalue weighted by Crippen LogP contribution is -2.41. The van der Waals surface area contributed by atoms with Crippen LogP contribution in [0, 0.1) is 0 Å². The van der Waals surface area contributed by atoms with Gasteiger partial charge in [-0.15, -0.1) is 0 Å². The Kier molecular flexibility index (Phi) is 3.94. The van der Waals surface area contributed by atoms with Crippen LogP contribution in [0.5, 0.6) is 0 Å². The summed E-state index contributed by atoms with van der Waals surface area (Å²) in [6.45, 7) is 0.487. The Hall–Kier alpha value is -2.20. The zero-order valence-corrected chi connectivity index (χ0v) is 13.3. The summed E-state index contributed by atoms with van der Waals surface area (Å²) in [6.07, 6.45) is 2.81. The van der Waals surface area contributed by atoms with Gasteiger partial charge in [0.1, 0.15) is 0 Å². The zero-order chi connectivity index (χ0) is 16.6. The highest BCUT2D eigenvalue weighted by Crippen LogP contribution is 2.23. The summed E-state index contributed by atoms with van der Waals surface area (Å²) in [4.78, 5) is 34.8. The molecule has 2 aromatic heterocycles. The Morgan fingerprint density at radius 2 is 2.26 bits per heavy atom. The van der Waals surface area contributed by atoms with Gasteiger partial charge in [-0.25, -0.2) is 22.9 Å². The smallest absolute Gasteiger partial charge is 0.325 e. The second-order valence-electron chi connectivity index (χ2n) is 5.44. The maximum absolute atomic E-state index is 12.8. The summed E-state index contributed by atoms with van der Waals surface area (Å²) in [5, 5.41) is 0. The minimum absolute atomic E-state index is 0.132. The summed E-state index contributed by atoms with van der Waals surface area (Å²) in [7, 11) is -2.06. The van der Waals surface area contributed by atoms with Crippen molar-refractivity contribution in [3.8, 4) is 0 Å². The fourth-order valence-electron chi connectivity index (χ4n) is 2.88. The molecule has 0 bridgehead atoms. The molecule has 10 heteroatoms. The molecule has 1 amide bonds. The number of sulfonamides is 1. The van der Waals surface area contributed by atoms with Gasteiger partial charge in [0, 0.05) is 18.8 Å². The number of aromatic nitrogens is 3. The van der Waals surface area contributed by atoms with Gasteiger partial charge >= 0.3 is 5.69 Å². The van der Waals surface area contributed by atoms with Crippen LogP contribution in [0.15, 0.2) is 17.1 Å². The summed E-state index contributed by atoms with van der Waals surface area (Å²) in [5.41, 5.74) is 0.509. The maximum Gasteiger partial charge on any atom is 0.325 e. The predicted molar refractivity (Wildman–Crippen MR) is 83.6 cm³/mol. The van der Waals surface area contributed by atoms with Crippen LogP contribution in [-0.2, 0) is 10.0 Å². The van der Waals surface area contributed by atoms with Gasteiger partial charge in [-0.2, -0.15) is 0 Å². The van der Waals surface area contributed by atoms with Crippen molar-refractivity contribution in [1.82, 2.24) is 24.6 Å². The first-order valence-electron chi connectivity index (χ1n) is 7.20. The normalized spacial score (nSPS) is 18.7. The molecule has 1 fully saturated rings. The van der Waals surface area contributed by atoms with E-state index in [1.165, 1.54) is 19.3 Å². The molecule has 1 unspecified atom stereocenters. The molecular weight excluding hydrogens is 322 g/mol. The Morgan fingerprint density at radius 3 is 3.00 bits per heavy atom. The number of carbonyl (C=O) groups excluding carboxylic acids is 1. The highest BCUT2D eigenvalue weighted by atomic mass is 32.2. The van der Waals surface area contributed by atoms with Crippen molar-refractivity contribution in [2.24, 2.45) is 0 Å². The largest absolute Gasteiger partial charge is 0.335 e. The minimum Gasteiger partial charge on any atom is -0.335 e. The van der Waals surface area contributed by atoms with Crippen molar-refractivity contribution in [1.29, 1.82) is 0 Å². The van der Waals surface area contributed by atoms with E-state index in [0.717, 1.165) is 6.42 Å². The minimum atomic E-state index is -3.41. The van der Waals surface area contributed by atoms with Crippen LogP contribution >= 0.6 is 0 Å². The van der Waals surface area contributed by atoms with Crippen molar-refractivity contribution in [2.45, 2.75) is 18.9 Å². The molecule has 1 aliphatic rings. The Labute approximate surface area is 132 Å². The average molecular weight is 339 g/mol. The van der Waals surface area contributed by atoms with E-state index in [1.54, 1.807) is 4.90 Å². The molecule has 1 atom stereocenters. The van der Waals surface area contributed by atoms with Crippen molar-refractivity contribution >= 4 is 27.1 Å². The van der Waals surface area contributed by atoms with E-state index in [1.807, 2.05) is 0 Å². The molecule has 1 saturated heterocycles. The third-order valence-electron chi connectivity index (χ3n) is 4.01. The number of pyridine rings is 1. The lowest BCUT2D eigenvalue weighted by molar-refractivity contribution is 0.0751. The fourth-order valence-corrected chi connectivity index (χ4v) is 3.90. The number of hydrogen-bond acceptors (Lipinski definition) is 5. The molecule has 23 heavy (non-hydrogen) atoms. The summed E-state index contributed by atoms with van der Waals surface area (Å²) in [6, 6.07) is 1.14. The highest BCUT2D eigenvalue weighted by molar-refractivity contribution is 7.89. The lowest BCUT2D eigenvalue weighted by Gasteiger charge is -2.24. The van der Waals surface area contributed by atoms with E-state index in [-0.39, 0.29) is 17.7 Å². The van der Waals surface area contributed by atoms with E-state index in [2.05, 4.69) is 19.7 Å². The number of fused-ring (bicyclic) bond motifs is 1. The standard InChI is InChI=1S/C13H17N5O4S/c1-14-23(21,22)7-8-3-2-6-18(8)12(19)9-4-5-15-11-10(9)16-13(20)17-11/h4-5,8,14H,2-3,6-7H2,1H3,(H2,15,16,17,20). The number of imidazole rings is 1. The lowest BCUT2D eigenvalue weighted by atomic mass is 10.2. The van der Waals surface area contributed by atoms with E-state index in [9.17, 15) is 18.0 Å². The topological polar surface area (TPSA) is 128 Å². The van der Waals surface area contributed by atoms with Crippen LogP contribution < -0.4 is 10.4 Å². The Bertz CT molecular complexity index is 900. The van der Waals surface area contributed by atoms with Gasteiger partial charge in [0.05, 0.1) is 16.8 Å². The number of carbonyl (C=O) groups is 1. The van der Waals surface area contributed by atoms with Gasteiger partial charge in [-0.3, -0.25) is 9.78 Å². The first-order chi connectivity index (χ1) is 10.9. The Morgan fingerprint density at radius 1 is 1.48 bits per heavy atom. The van der Waals surface area contributed by atoms with E-state index < -0.39 is 15.7 Å². The predicted octanol–water partition coefficient (Wildman–Crippen LogP) is -0.595. The third kappa shape index (κ3) is 2.99. The number of likely N-dealkylation sites (tertiary alicyclic amines) is 1. The van der Waals surface area contributed by atoms with Crippen LogP contribution in [-0.4, -0.2) is 59.6 Å². The van der Waals surface area contributed by atoms with Crippen LogP contribution in [0.3, 0.4) is 0 Å². The average Bonchev–Trinajstić information content (AvgIpc) is 3.10. The summed E-state index contributed by atoms with van der Waals surface area (Å²) < 4.78 is 25.8. The first-order valence-corrected chi connectivity index (χ1v) is 8.85. The molecule has 0 spiro atoms. The van der Waals surface area contributed by atoms with Gasteiger partial charge in [0.2, 0.25) is 10.0 Å². The van der Waals surface area contributed by atoms with Gasteiger partial charge in [-0.05, 0) is 26.0 Å². The molecule has 3 heterocycles. The number of aromatic amines is 2. The van der Waals surface area contributed by atoms with Crippen molar-refractivity contribution in [2.75, 3.05) is 19.3 Å². The van der Waals surface area contributed by atoms with Gasteiger partial charge in [0.15, 0.2) is 5.65 Å². The SMILES string of the molecule is CNS(=O)(=O)CC1CCCN1C(=O)c1ccnc2[nH]c(=O)[nH]c12. The van der Waals surface area contributed by atoms with Gasteiger partial charge in [-0.1, -0.05) is 0 Å². The molecule has 2 aromatic rings. The van der Waals surface area contributed by atoms with Crippen molar-refractivity contribution in [3.05, 3.63) is 28.3 Å². The molecule has 124 valence electrons. The number of nitrogens with zero attached hydrogens (tertiary/aromatic N) is 2. The van der Waals surface area contributed by atoms with Crippen LogP contribution in [0.4, 0.5) is 0 Å². The van der Waals surface area contributed by atoms with Crippen LogP contribution in [0.1, 0.15) is 23.2 Å². The second-order valence-corrected chi connectivity index (χ2v) is 7.41. The quantitative estimate of drug-likeness (QED) is 0.685. The molecule has 3 rings (SSSR count). The molecule has 9 nitrogen and oxygen atoms in total. The molecule has 0 aromatic carbocycles. The zero-order valence-electron chi connectivity index (χ0n) is 12.5. The monoisotopic (exact) mass is 339 g/mol. The molecule has 0 radical (unpaired) electrons. The Balaban J connectivity index is 1.93. The summed E-state index contributed by atoms with van der Waals surface area (Å²) in [5.74, 6) is -0.436. The first kappa shape index (κ1) is 15.7. The van der Waals surface area contributed by atoms with Crippen molar-refractivity contribution in [3.63, 3.8) is 0 Å².